The molecule has 1 aromatic carbocycles. The van der Waals surface area contributed by atoms with Crippen molar-refractivity contribution in [3.8, 4) is 5.75 Å². The highest BCUT2D eigenvalue weighted by atomic mass is 16.5. The van der Waals surface area contributed by atoms with Crippen molar-refractivity contribution in [1.29, 1.82) is 0 Å². The molecule has 2 atom stereocenters. The maximum Gasteiger partial charge on any atom is 0.118 e. The van der Waals surface area contributed by atoms with E-state index in [9.17, 15) is 5.11 Å². The second kappa shape index (κ2) is 5.52. The van der Waals surface area contributed by atoms with Crippen molar-refractivity contribution in [3.05, 3.63) is 29.8 Å². The van der Waals surface area contributed by atoms with E-state index in [0.717, 1.165) is 18.8 Å². The lowest BCUT2D eigenvalue weighted by Crippen LogP contribution is -2.34. The molecule has 3 heteroatoms. The third-order valence-electron chi connectivity index (χ3n) is 3.73. The minimum absolute atomic E-state index is 0.261. The lowest BCUT2D eigenvalue weighted by Gasteiger charge is -2.25. The van der Waals surface area contributed by atoms with Crippen LogP contribution in [0.25, 0.3) is 0 Å². The number of benzene rings is 1. The van der Waals surface area contributed by atoms with Gasteiger partial charge >= 0.3 is 0 Å². The molecule has 2 rings (SSSR count). The molecular weight excluding hydrogens is 214 g/mol. The Morgan fingerprint density at radius 3 is 2.65 bits per heavy atom. The molecule has 1 aliphatic rings. The number of aliphatic hydroxyl groups is 1. The highest BCUT2D eigenvalue weighted by molar-refractivity contribution is 5.27. The number of aliphatic hydroxyl groups excluding tert-OH is 1. The SMILES string of the molecule is COc1ccc(CN2CCC(C)C2CO)cc1. The fourth-order valence-electron chi connectivity index (χ4n) is 2.54. The summed E-state index contributed by atoms with van der Waals surface area (Å²) in [6.07, 6.45) is 1.18. The van der Waals surface area contributed by atoms with Gasteiger partial charge in [0.1, 0.15) is 5.75 Å². The van der Waals surface area contributed by atoms with Crippen LogP contribution in [0.2, 0.25) is 0 Å². The first-order valence-electron chi connectivity index (χ1n) is 6.22. The fraction of sp³-hybridized carbons (Fsp3) is 0.571. The van der Waals surface area contributed by atoms with Crippen LogP contribution in [0, 0.1) is 5.92 Å². The van der Waals surface area contributed by atoms with Gasteiger partial charge in [-0.25, -0.2) is 0 Å². The van der Waals surface area contributed by atoms with Crippen LogP contribution >= 0.6 is 0 Å². The van der Waals surface area contributed by atoms with Gasteiger partial charge in [-0.1, -0.05) is 19.1 Å². The highest BCUT2D eigenvalue weighted by Gasteiger charge is 2.30. The van der Waals surface area contributed by atoms with E-state index < -0.39 is 0 Å². The van der Waals surface area contributed by atoms with Crippen LogP contribution in [-0.4, -0.2) is 36.3 Å². The average molecular weight is 235 g/mol. The third-order valence-corrected chi connectivity index (χ3v) is 3.73. The monoisotopic (exact) mass is 235 g/mol. The van der Waals surface area contributed by atoms with Crippen molar-refractivity contribution >= 4 is 0 Å². The fourth-order valence-corrected chi connectivity index (χ4v) is 2.54. The number of methoxy groups -OCH3 is 1. The summed E-state index contributed by atoms with van der Waals surface area (Å²) in [5.41, 5.74) is 1.28. The zero-order valence-electron chi connectivity index (χ0n) is 10.6. The second-order valence-corrected chi connectivity index (χ2v) is 4.83. The van der Waals surface area contributed by atoms with Crippen molar-refractivity contribution < 1.29 is 9.84 Å². The predicted molar refractivity (Wildman–Crippen MR) is 68.1 cm³/mol. The Morgan fingerprint density at radius 2 is 2.06 bits per heavy atom. The lowest BCUT2D eigenvalue weighted by atomic mass is 10.0. The van der Waals surface area contributed by atoms with E-state index in [2.05, 4.69) is 24.0 Å². The molecule has 0 spiro atoms. The van der Waals surface area contributed by atoms with Gasteiger partial charge in [-0.15, -0.1) is 0 Å². The summed E-state index contributed by atoms with van der Waals surface area (Å²) < 4.78 is 5.14. The van der Waals surface area contributed by atoms with E-state index in [-0.39, 0.29) is 6.61 Å². The lowest BCUT2D eigenvalue weighted by molar-refractivity contribution is 0.134. The molecule has 0 aliphatic carbocycles. The minimum atomic E-state index is 0.261. The maximum atomic E-state index is 9.41. The van der Waals surface area contributed by atoms with Gasteiger partial charge in [0, 0.05) is 12.6 Å². The molecule has 0 amide bonds. The Morgan fingerprint density at radius 1 is 1.35 bits per heavy atom. The number of likely N-dealkylation sites (tertiary alicyclic amines) is 1. The van der Waals surface area contributed by atoms with Crippen molar-refractivity contribution in [2.45, 2.75) is 25.9 Å². The molecule has 94 valence electrons. The van der Waals surface area contributed by atoms with E-state index >= 15 is 0 Å². The van der Waals surface area contributed by atoms with Gasteiger partial charge in [-0.05, 0) is 36.6 Å². The molecule has 3 nitrogen and oxygen atoms in total. The first-order valence-corrected chi connectivity index (χ1v) is 6.22. The van der Waals surface area contributed by atoms with Crippen molar-refractivity contribution in [1.82, 2.24) is 4.90 Å². The van der Waals surface area contributed by atoms with Crippen LogP contribution in [0.5, 0.6) is 5.75 Å². The van der Waals surface area contributed by atoms with E-state index in [1.165, 1.54) is 12.0 Å². The number of nitrogens with zero attached hydrogens (tertiary/aromatic N) is 1. The van der Waals surface area contributed by atoms with Crippen LogP contribution in [0.4, 0.5) is 0 Å². The van der Waals surface area contributed by atoms with Crippen LogP contribution in [0.3, 0.4) is 0 Å². The molecule has 1 saturated heterocycles. The molecule has 1 N–H and O–H groups in total. The summed E-state index contributed by atoms with van der Waals surface area (Å²) in [6.45, 7) is 4.48. The molecule has 17 heavy (non-hydrogen) atoms. The summed E-state index contributed by atoms with van der Waals surface area (Å²) in [6, 6.07) is 8.48. The Bertz CT molecular complexity index is 350. The summed E-state index contributed by atoms with van der Waals surface area (Å²) in [5, 5.41) is 9.41. The predicted octanol–water partition coefficient (Wildman–Crippen LogP) is 1.90. The van der Waals surface area contributed by atoms with Crippen molar-refractivity contribution in [2.75, 3.05) is 20.3 Å². The number of rotatable bonds is 4. The standard InChI is InChI=1S/C14H21NO2/c1-11-7-8-15(14(11)10-16)9-12-3-5-13(17-2)6-4-12/h3-6,11,14,16H,7-10H2,1-2H3. The van der Waals surface area contributed by atoms with E-state index in [1.54, 1.807) is 7.11 Å². The van der Waals surface area contributed by atoms with Gasteiger partial charge in [0.2, 0.25) is 0 Å². The minimum Gasteiger partial charge on any atom is -0.497 e. The van der Waals surface area contributed by atoms with Gasteiger partial charge in [-0.3, -0.25) is 4.90 Å². The molecular formula is C14H21NO2. The van der Waals surface area contributed by atoms with Gasteiger partial charge in [0.05, 0.1) is 13.7 Å². The Labute approximate surface area is 103 Å². The third kappa shape index (κ3) is 2.79. The summed E-state index contributed by atoms with van der Waals surface area (Å²) in [4.78, 5) is 2.37. The molecule has 2 unspecified atom stereocenters. The first kappa shape index (κ1) is 12.4. The van der Waals surface area contributed by atoms with E-state index in [4.69, 9.17) is 4.74 Å². The van der Waals surface area contributed by atoms with Crippen molar-refractivity contribution in [2.24, 2.45) is 5.92 Å². The Balaban J connectivity index is 2.00. The first-order chi connectivity index (χ1) is 8.24. The summed E-state index contributed by atoms with van der Waals surface area (Å²) >= 11 is 0. The largest absolute Gasteiger partial charge is 0.497 e. The Hall–Kier alpha value is -1.06. The number of hydrogen-bond donors (Lipinski definition) is 1. The number of hydrogen-bond acceptors (Lipinski definition) is 3. The Kier molecular flexibility index (Phi) is 4.02. The van der Waals surface area contributed by atoms with Crippen LogP contribution < -0.4 is 4.74 Å². The topological polar surface area (TPSA) is 32.7 Å². The van der Waals surface area contributed by atoms with E-state index in [0.29, 0.717) is 12.0 Å². The molecule has 0 aromatic heterocycles. The smallest absolute Gasteiger partial charge is 0.118 e. The zero-order chi connectivity index (χ0) is 12.3. The van der Waals surface area contributed by atoms with Crippen molar-refractivity contribution in [3.63, 3.8) is 0 Å². The molecule has 0 saturated carbocycles. The maximum absolute atomic E-state index is 9.41. The van der Waals surface area contributed by atoms with E-state index in [1.807, 2.05) is 12.1 Å². The van der Waals surface area contributed by atoms with Gasteiger partial charge in [-0.2, -0.15) is 0 Å². The quantitative estimate of drug-likeness (QED) is 0.865. The second-order valence-electron chi connectivity index (χ2n) is 4.83. The molecule has 0 radical (unpaired) electrons. The zero-order valence-corrected chi connectivity index (χ0v) is 10.6. The number of ether oxygens (including phenoxy) is 1. The summed E-state index contributed by atoms with van der Waals surface area (Å²) in [7, 11) is 1.68. The average Bonchev–Trinajstić information content (AvgIpc) is 2.71. The molecule has 0 bridgehead atoms. The highest BCUT2D eigenvalue weighted by Crippen LogP contribution is 2.25. The summed E-state index contributed by atoms with van der Waals surface area (Å²) in [5.74, 6) is 1.49. The van der Waals surface area contributed by atoms with Gasteiger partial charge in [0.15, 0.2) is 0 Å². The normalized spacial score (nSPS) is 25.1. The molecule has 1 heterocycles. The van der Waals surface area contributed by atoms with Gasteiger partial charge < -0.3 is 9.84 Å². The van der Waals surface area contributed by atoms with Gasteiger partial charge in [0.25, 0.3) is 0 Å². The van der Waals surface area contributed by atoms with Crippen LogP contribution in [0.15, 0.2) is 24.3 Å². The molecule has 1 aromatic rings. The molecule has 1 aliphatic heterocycles. The molecule has 1 fully saturated rings. The van der Waals surface area contributed by atoms with Crippen LogP contribution in [-0.2, 0) is 6.54 Å². The van der Waals surface area contributed by atoms with Crippen LogP contribution in [0.1, 0.15) is 18.9 Å².